The minimum atomic E-state index is -1.19. The summed E-state index contributed by atoms with van der Waals surface area (Å²) in [7, 11) is 0. The molecule has 0 amide bonds. The average Bonchev–Trinajstić information content (AvgIpc) is 2.31. The first kappa shape index (κ1) is 18.6. The molecule has 8 heteroatoms. The van der Waals surface area contributed by atoms with Crippen LogP contribution in [0.4, 0.5) is 0 Å². The van der Waals surface area contributed by atoms with E-state index in [1.54, 1.807) is 0 Å². The van der Waals surface area contributed by atoms with Gasteiger partial charge in [-0.05, 0) is 12.8 Å². The van der Waals surface area contributed by atoms with Crippen LogP contribution in [-0.2, 0) is 9.59 Å². The predicted molar refractivity (Wildman–Crippen MR) is 84.5 cm³/mol. The van der Waals surface area contributed by atoms with Crippen LogP contribution >= 0.6 is 63.7 Å². The summed E-state index contributed by atoms with van der Waals surface area (Å²) in [5, 5.41) is 19.4. The molecule has 0 aliphatic rings. The van der Waals surface area contributed by atoms with Crippen molar-refractivity contribution in [2.24, 2.45) is 0 Å². The van der Waals surface area contributed by atoms with Gasteiger partial charge in [-0.3, -0.25) is 0 Å². The van der Waals surface area contributed by atoms with Gasteiger partial charge >= 0.3 is 11.9 Å². The lowest BCUT2D eigenvalue weighted by Gasteiger charge is -2.13. The van der Waals surface area contributed by atoms with Crippen LogP contribution in [0, 0.1) is 0 Å². The number of carbonyl (C=O) groups is 2. The molecular formula is C10H12Br4O4. The van der Waals surface area contributed by atoms with E-state index in [0.29, 0.717) is 10.7 Å². The molecule has 0 fully saturated rings. The highest BCUT2D eigenvalue weighted by atomic mass is 79.9. The molecule has 0 aromatic rings. The first-order valence-corrected chi connectivity index (χ1v) is 8.99. The van der Waals surface area contributed by atoms with Crippen LogP contribution in [0.5, 0.6) is 0 Å². The van der Waals surface area contributed by atoms with Gasteiger partial charge in [-0.1, -0.05) is 63.7 Å². The summed E-state index contributed by atoms with van der Waals surface area (Å²) < 4.78 is 0. The molecule has 0 aliphatic carbocycles. The first-order chi connectivity index (χ1) is 8.33. The number of alkyl halides is 4. The van der Waals surface area contributed by atoms with E-state index in [1.165, 1.54) is 0 Å². The fraction of sp³-hybridized carbons (Fsp3) is 0.600. The zero-order chi connectivity index (χ0) is 14.3. The van der Waals surface area contributed by atoms with E-state index in [1.807, 2.05) is 0 Å². The Morgan fingerprint density at radius 2 is 1.11 bits per heavy atom. The number of rotatable bonds is 8. The van der Waals surface area contributed by atoms with Crippen LogP contribution in [0.25, 0.3) is 0 Å². The van der Waals surface area contributed by atoms with Crippen molar-refractivity contribution in [3.05, 3.63) is 11.1 Å². The number of hydrogen-bond donors (Lipinski definition) is 2. The Labute approximate surface area is 139 Å². The van der Waals surface area contributed by atoms with E-state index < -0.39 is 11.9 Å². The zero-order valence-corrected chi connectivity index (χ0v) is 15.5. The molecule has 0 aromatic heterocycles. The van der Waals surface area contributed by atoms with Crippen molar-refractivity contribution in [1.82, 2.24) is 0 Å². The van der Waals surface area contributed by atoms with Crippen molar-refractivity contribution in [1.29, 1.82) is 0 Å². The summed E-state index contributed by atoms with van der Waals surface area (Å²) >= 11 is 13.0. The fourth-order valence-corrected chi connectivity index (χ4v) is 2.34. The molecule has 2 atom stereocenters. The second-order valence-electron chi connectivity index (χ2n) is 3.48. The molecule has 0 saturated heterocycles. The Morgan fingerprint density at radius 1 is 0.833 bits per heavy atom. The Bertz CT molecular complexity index is 311. The number of carboxylic acids is 2. The molecule has 2 unspecified atom stereocenters. The largest absolute Gasteiger partial charge is 0.478 e. The molecule has 0 radical (unpaired) electrons. The lowest BCUT2D eigenvalue weighted by atomic mass is 10.00. The molecule has 0 bridgehead atoms. The maximum atomic E-state index is 11.2. The second-order valence-corrected chi connectivity index (χ2v) is 7.36. The van der Waals surface area contributed by atoms with E-state index in [0.717, 1.165) is 0 Å². The van der Waals surface area contributed by atoms with Gasteiger partial charge < -0.3 is 10.2 Å². The summed E-state index contributed by atoms with van der Waals surface area (Å²) in [6.07, 6.45) is 0.314. The Morgan fingerprint density at radius 3 is 1.28 bits per heavy atom. The molecule has 0 spiro atoms. The lowest BCUT2D eigenvalue weighted by Crippen LogP contribution is -2.18. The number of halogens is 4. The van der Waals surface area contributed by atoms with Gasteiger partial charge in [0.05, 0.1) is 0 Å². The maximum Gasteiger partial charge on any atom is 0.332 e. The average molecular weight is 516 g/mol. The SMILES string of the molecule is O=C(O)/C(CC(Br)CBr)=C(/CC(Br)CBr)C(=O)O. The van der Waals surface area contributed by atoms with E-state index in [4.69, 9.17) is 10.2 Å². The minimum Gasteiger partial charge on any atom is -0.478 e. The lowest BCUT2D eigenvalue weighted by molar-refractivity contribution is -0.136. The molecule has 0 aromatic carbocycles. The summed E-state index contributed by atoms with van der Waals surface area (Å²) in [6, 6.07) is 0. The molecule has 0 saturated carbocycles. The molecule has 0 heterocycles. The van der Waals surface area contributed by atoms with Crippen LogP contribution in [-0.4, -0.2) is 42.5 Å². The standard InChI is InChI=1S/C10H12Br4O4/c11-3-5(13)1-7(9(15)16)8(10(17)18)2-6(14)4-12/h5-6H,1-4H2,(H,15,16)(H,17,18)/b8-7-. The van der Waals surface area contributed by atoms with Gasteiger partial charge in [-0.25, -0.2) is 9.59 Å². The number of aliphatic carboxylic acids is 2. The maximum absolute atomic E-state index is 11.2. The van der Waals surface area contributed by atoms with Crippen LogP contribution in [0.2, 0.25) is 0 Å². The van der Waals surface area contributed by atoms with E-state index >= 15 is 0 Å². The number of hydrogen-bond acceptors (Lipinski definition) is 2. The van der Waals surface area contributed by atoms with Crippen LogP contribution in [0.3, 0.4) is 0 Å². The first-order valence-electron chi connectivity index (χ1n) is 4.92. The Balaban J connectivity index is 5.29. The predicted octanol–water partition coefficient (Wildman–Crippen LogP) is 3.55. The normalized spacial score (nSPS) is 15.8. The fourth-order valence-electron chi connectivity index (χ4n) is 1.23. The van der Waals surface area contributed by atoms with Crippen molar-refractivity contribution in [2.75, 3.05) is 10.7 Å². The van der Waals surface area contributed by atoms with Gasteiger partial charge in [0, 0.05) is 31.5 Å². The van der Waals surface area contributed by atoms with Crippen LogP contribution in [0.15, 0.2) is 11.1 Å². The minimum absolute atomic E-state index is 0.0609. The van der Waals surface area contributed by atoms with Gasteiger partial charge in [-0.15, -0.1) is 0 Å². The van der Waals surface area contributed by atoms with Gasteiger partial charge in [0.25, 0.3) is 0 Å². The van der Waals surface area contributed by atoms with Crippen molar-refractivity contribution < 1.29 is 19.8 Å². The molecule has 104 valence electrons. The van der Waals surface area contributed by atoms with Crippen molar-refractivity contribution in [3.63, 3.8) is 0 Å². The highest BCUT2D eigenvalue weighted by Crippen LogP contribution is 2.24. The topological polar surface area (TPSA) is 74.6 Å². The van der Waals surface area contributed by atoms with E-state index in [2.05, 4.69) is 63.7 Å². The summed E-state index contributed by atoms with van der Waals surface area (Å²) in [4.78, 5) is 22.1. The molecular weight excluding hydrogens is 504 g/mol. The van der Waals surface area contributed by atoms with Crippen LogP contribution < -0.4 is 0 Å². The quantitative estimate of drug-likeness (QED) is 0.383. The zero-order valence-electron chi connectivity index (χ0n) is 9.21. The van der Waals surface area contributed by atoms with Gasteiger partial charge in [0.2, 0.25) is 0 Å². The highest BCUT2D eigenvalue weighted by molar-refractivity contribution is 9.12. The van der Waals surface area contributed by atoms with Crippen molar-refractivity contribution in [2.45, 2.75) is 22.5 Å². The smallest absolute Gasteiger partial charge is 0.332 e. The number of carboxylic acid groups (broad SMARTS) is 2. The molecule has 18 heavy (non-hydrogen) atoms. The third-order valence-electron chi connectivity index (χ3n) is 2.07. The molecule has 4 nitrogen and oxygen atoms in total. The van der Waals surface area contributed by atoms with Gasteiger partial charge in [-0.2, -0.15) is 0 Å². The second kappa shape index (κ2) is 9.50. The Kier molecular flexibility index (Phi) is 9.81. The van der Waals surface area contributed by atoms with Gasteiger partial charge in [0.15, 0.2) is 0 Å². The van der Waals surface area contributed by atoms with Crippen molar-refractivity contribution >= 4 is 75.7 Å². The summed E-state index contributed by atoms with van der Waals surface area (Å²) in [5.41, 5.74) is -0.122. The van der Waals surface area contributed by atoms with Crippen molar-refractivity contribution in [3.8, 4) is 0 Å². The molecule has 0 rings (SSSR count). The molecule has 0 aliphatic heterocycles. The van der Waals surface area contributed by atoms with Crippen LogP contribution in [0.1, 0.15) is 12.8 Å². The third-order valence-corrected chi connectivity index (χ3v) is 6.66. The van der Waals surface area contributed by atoms with E-state index in [9.17, 15) is 9.59 Å². The molecule has 2 N–H and O–H groups in total. The van der Waals surface area contributed by atoms with E-state index in [-0.39, 0.29) is 33.6 Å². The summed E-state index contributed by atoms with van der Waals surface area (Å²) in [6.45, 7) is 0. The summed E-state index contributed by atoms with van der Waals surface area (Å²) in [5.74, 6) is -2.38. The third kappa shape index (κ3) is 6.68. The van der Waals surface area contributed by atoms with Gasteiger partial charge in [0.1, 0.15) is 0 Å². The Hall–Kier alpha value is 0.600. The monoisotopic (exact) mass is 512 g/mol. The highest BCUT2D eigenvalue weighted by Gasteiger charge is 2.24.